The van der Waals surface area contributed by atoms with Gasteiger partial charge < -0.3 is 20.1 Å². The summed E-state index contributed by atoms with van der Waals surface area (Å²) in [6.07, 6.45) is 1.50. The second-order valence-electron chi connectivity index (χ2n) is 10.3. The number of amides is 2. The molecule has 5 rings (SSSR count). The number of hydrazone groups is 1. The Labute approximate surface area is 290 Å². The third-order valence-electron chi connectivity index (χ3n) is 6.98. The fourth-order valence-electron chi connectivity index (χ4n) is 4.42. The standard InChI is InChI=1S/C35H31BrClN5O4S/c1-4-45-31-17-23(16-28(36)33(31)46-19-32(43)40-29-7-5-6-21(2)22(29)3)18-38-42-34(44)25-10-8-24(9-11-25)30-20-47-35(41-30)39-27-14-12-26(37)13-15-27/h5-18,20H,4,19H2,1-3H3,(H,39,41)(H,40,43)(H,42,44)/b38-18-. The predicted octanol–water partition coefficient (Wildman–Crippen LogP) is 8.77. The molecule has 9 nitrogen and oxygen atoms in total. The van der Waals surface area contributed by atoms with E-state index in [1.165, 1.54) is 17.6 Å². The molecule has 1 heterocycles. The Hall–Kier alpha value is -4.71. The summed E-state index contributed by atoms with van der Waals surface area (Å²) >= 11 is 11.0. The summed E-state index contributed by atoms with van der Waals surface area (Å²) in [6.45, 7) is 5.96. The number of ether oxygens (including phenoxy) is 2. The summed E-state index contributed by atoms with van der Waals surface area (Å²) in [5.74, 6) is 0.155. The van der Waals surface area contributed by atoms with E-state index in [2.05, 4.69) is 42.1 Å². The van der Waals surface area contributed by atoms with Gasteiger partial charge in [-0.1, -0.05) is 35.9 Å². The minimum absolute atomic E-state index is 0.210. The molecule has 1 aromatic heterocycles. The van der Waals surface area contributed by atoms with Crippen LogP contribution < -0.4 is 25.5 Å². The van der Waals surface area contributed by atoms with Gasteiger partial charge in [-0.2, -0.15) is 5.10 Å². The highest BCUT2D eigenvalue weighted by atomic mass is 79.9. The fraction of sp³-hybridized carbons (Fsp3) is 0.143. The average molecular weight is 733 g/mol. The molecule has 12 heteroatoms. The lowest BCUT2D eigenvalue weighted by Crippen LogP contribution is -2.21. The van der Waals surface area contributed by atoms with Crippen molar-refractivity contribution >= 4 is 73.4 Å². The van der Waals surface area contributed by atoms with Crippen molar-refractivity contribution in [3.05, 3.63) is 116 Å². The minimum Gasteiger partial charge on any atom is -0.490 e. The topological polar surface area (TPSA) is 114 Å². The molecule has 0 saturated carbocycles. The average Bonchev–Trinajstić information content (AvgIpc) is 3.52. The Bertz CT molecular complexity index is 1910. The van der Waals surface area contributed by atoms with Crippen molar-refractivity contribution in [1.82, 2.24) is 10.4 Å². The number of aryl methyl sites for hydroxylation is 1. The van der Waals surface area contributed by atoms with Gasteiger partial charge in [0.05, 0.1) is 23.0 Å². The van der Waals surface area contributed by atoms with Crippen molar-refractivity contribution in [1.29, 1.82) is 0 Å². The molecule has 47 heavy (non-hydrogen) atoms. The van der Waals surface area contributed by atoms with E-state index >= 15 is 0 Å². The van der Waals surface area contributed by atoms with Gasteiger partial charge in [-0.3, -0.25) is 9.59 Å². The molecule has 0 aliphatic heterocycles. The Morgan fingerprint density at radius 3 is 2.53 bits per heavy atom. The third kappa shape index (κ3) is 8.97. The summed E-state index contributed by atoms with van der Waals surface area (Å²) in [5.41, 5.74) is 9.03. The SMILES string of the molecule is CCOc1cc(/C=N\NC(=O)c2ccc(-c3csc(Nc4ccc(Cl)cc4)n3)cc2)cc(Br)c1OCC(=O)Nc1cccc(C)c1C. The predicted molar refractivity (Wildman–Crippen MR) is 193 cm³/mol. The number of carbonyl (C=O) groups excluding carboxylic acids is 2. The smallest absolute Gasteiger partial charge is 0.271 e. The van der Waals surface area contributed by atoms with Crippen LogP contribution in [0.4, 0.5) is 16.5 Å². The second-order valence-corrected chi connectivity index (χ2v) is 12.4. The number of rotatable bonds is 12. The zero-order valence-electron chi connectivity index (χ0n) is 25.8. The van der Waals surface area contributed by atoms with Gasteiger partial charge in [0.15, 0.2) is 23.2 Å². The molecule has 0 unspecified atom stereocenters. The maximum Gasteiger partial charge on any atom is 0.271 e. The molecule has 0 atom stereocenters. The molecule has 4 aromatic carbocycles. The zero-order chi connectivity index (χ0) is 33.3. The fourth-order valence-corrected chi connectivity index (χ4v) is 5.86. The molecule has 0 fully saturated rings. The van der Waals surface area contributed by atoms with E-state index in [-0.39, 0.29) is 18.4 Å². The van der Waals surface area contributed by atoms with Gasteiger partial charge in [-0.15, -0.1) is 11.3 Å². The Balaban J connectivity index is 1.17. The number of carbonyl (C=O) groups is 2. The summed E-state index contributed by atoms with van der Waals surface area (Å²) in [4.78, 5) is 30.0. The molecule has 0 aliphatic rings. The highest BCUT2D eigenvalue weighted by Gasteiger charge is 2.15. The minimum atomic E-state index is -0.366. The molecule has 240 valence electrons. The van der Waals surface area contributed by atoms with Crippen LogP contribution in [0, 0.1) is 13.8 Å². The summed E-state index contributed by atoms with van der Waals surface area (Å²) in [6, 6.07) is 23.7. The van der Waals surface area contributed by atoms with E-state index in [4.69, 9.17) is 21.1 Å². The van der Waals surface area contributed by atoms with Gasteiger partial charge >= 0.3 is 0 Å². The number of benzene rings is 4. The van der Waals surface area contributed by atoms with Crippen LogP contribution in [0.1, 0.15) is 34.0 Å². The first-order chi connectivity index (χ1) is 22.7. The number of hydrogen-bond acceptors (Lipinski definition) is 8. The summed E-state index contributed by atoms with van der Waals surface area (Å²) < 4.78 is 12.2. The van der Waals surface area contributed by atoms with Crippen LogP contribution in [0.3, 0.4) is 0 Å². The van der Waals surface area contributed by atoms with Crippen molar-refractivity contribution in [3.8, 4) is 22.8 Å². The molecule has 5 aromatic rings. The van der Waals surface area contributed by atoms with Crippen molar-refractivity contribution in [2.75, 3.05) is 23.8 Å². The Kier molecular flexibility index (Phi) is 11.3. The van der Waals surface area contributed by atoms with Crippen LogP contribution >= 0.6 is 38.9 Å². The van der Waals surface area contributed by atoms with Crippen LogP contribution in [0.5, 0.6) is 11.5 Å². The number of anilines is 3. The first-order valence-electron chi connectivity index (χ1n) is 14.6. The van der Waals surface area contributed by atoms with Crippen LogP contribution in [0.25, 0.3) is 11.3 Å². The van der Waals surface area contributed by atoms with E-state index in [0.29, 0.717) is 38.7 Å². The van der Waals surface area contributed by atoms with Gasteiger partial charge in [-0.05, 0) is 108 Å². The lowest BCUT2D eigenvalue weighted by atomic mass is 10.1. The van der Waals surface area contributed by atoms with E-state index in [1.807, 2.05) is 80.7 Å². The van der Waals surface area contributed by atoms with Crippen molar-refractivity contribution in [3.63, 3.8) is 0 Å². The maximum absolute atomic E-state index is 12.8. The van der Waals surface area contributed by atoms with E-state index < -0.39 is 0 Å². The number of thiazole rings is 1. The quantitative estimate of drug-likeness (QED) is 0.0874. The molecular formula is C35H31BrClN5O4S. The number of hydrogen-bond donors (Lipinski definition) is 3. The van der Waals surface area contributed by atoms with Crippen LogP contribution in [0.15, 0.2) is 93.8 Å². The van der Waals surface area contributed by atoms with Gasteiger partial charge in [0.2, 0.25) is 0 Å². The number of halogens is 2. The zero-order valence-corrected chi connectivity index (χ0v) is 28.9. The van der Waals surface area contributed by atoms with Gasteiger partial charge in [0.1, 0.15) is 0 Å². The molecular weight excluding hydrogens is 702 g/mol. The van der Waals surface area contributed by atoms with E-state index in [1.54, 1.807) is 24.3 Å². The van der Waals surface area contributed by atoms with Crippen molar-refractivity contribution in [2.45, 2.75) is 20.8 Å². The van der Waals surface area contributed by atoms with E-state index in [0.717, 1.165) is 38.9 Å². The largest absolute Gasteiger partial charge is 0.490 e. The van der Waals surface area contributed by atoms with E-state index in [9.17, 15) is 9.59 Å². The van der Waals surface area contributed by atoms with Crippen LogP contribution in [-0.4, -0.2) is 36.2 Å². The van der Waals surface area contributed by atoms with Crippen molar-refractivity contribution < 1.29 is 19.1 Å². The summed E-state index contributed by atoms with van der Waals surface area (Å²) in [5, 5.41) is 13.6. The highest BCUT2D eigenvalue weighted by molar-refractivity contribution is 9.10. The first-order valence-corrected chi connectivity index (χ1v) is 16.6. The van der Waals surface area contributed by atoms with Crippen LogP contribution in [-0.2, 0) is 4.79 Å². The first kappa shape index (κ1) is 33.6. The molecule has 0 radical (unpaired) electrons. The highest BCUT2D eigenvalue weighted by Crippen LogP contribution is 2.37. The molecule has 0 saturated heterocycles. The molecule has 3 N–H and O–H groups in total. The summed E-state index contributed by atoms with van der Waals surface area (Å²) in [7, 11) is 0. The Morgan fingerprint density at radius 2 is 1.79 bits per heavy atom. The molecule has 0 spiro atoms. The number of nitrogens with zero attached hydrogens (tertiary/aromatic N) is 2. The maximum atomic E-state index is 12.8. The lowest BCUT2D eigenvalue weighted by molar-refractivity contribution is -0.118. The molecule has 0 bridgehead atoms. The van der Waals surface area contributed by atoms with Gasteiger partial charge in [0.25, 0.3) is 11.8 Å². The number of nitrogens with one attached hydrogen (secondary N) is 3. The second kappa shape index (κ2) is 15.7. The number of aromatic nitrogens is 1. The molecule has 2 amide bonds. The monoisotopic (exact) mass is 731 g/mol. The third-order valence-corrected chi connectivity index (χ3v) is 8.58. The van der Waals surface area contributed by atoms with Gasteiger partial charge in [-0.25, -0.2) is 10.4 Å². The van der Waals surface area contributed by atoms with Crippen LogP contribution in [0.2, 0.25) is 5.02 Å². The van der Waals surface area contributed by atoms with Gasteiger partial charge in [0, 0.05) is 32.9 Å². The molecule has 0 aliphatic carbocycles. The van der Waals surface area contributed by atoms with Crippen molar-refractivity contribution in [2.24, 2.45) is 5.10 Å². The Morgan fingerprint density at radius 1 is 1.02 bits per heavy atom. The lowest BCUT2D eigenvalue weighted by Gasteiger charge is -2.15. The normalized spacial score (nSPS) is 10.9.